The minimum Gasteiger partial charge on any atom is -0.315 e. The van der Waals surface area contributed by atoms with Crippen molar-refractivity contribution in [1.29, 1.82) is 0 Å². The molecule has 0 amide bonds. The first-order valence-corrected chi connectivity index (χ1v) is 6.60. The Labute approximate surface area is 85.0 Å². The van der Waals surface area contributed by atoms with Crippen LogP contribution >= 0.6 is 0 Å². The second kappa shape index (κ2) is 4.14. The normalized spacial score (nSPS) is 29.9. The molecule has 2 saturated heterocycles. The predicted octanol–water partition coefficient (Wildman–Crippen LogP) is -0.721. The summed E-state index contributed by atoms with van der Waals surface area (Å²) in [5.74, 6) is 0. The number of nitrogens with one attached hydrogen (secondary N) is 2. The molecule has 0 aromatic rings. The van der Waals surface area contributed by atoms with Crippen LogP contribution in [0.4, 0.5) is 0 Å². The van der Waals surface area contributed by atoms with Crippen molar-refractivity contribution in [3.63, 3.8) is 0 Å². The third-order valence-corrected chi connectivity index (χ3v) is 4.46. The minimum absolute atomic E-state index is 0.0839. The molecule has 2 fully saturated rings. The quantitative estimate of drug-likeness (QED) is 0.658. The molecule has 0 bridgehead atoms. The van der Waals surface area contributed by atoms with Crippen molar-refractivity contribution in [1.82, 2.24) is 14.3 Å². The lowest BCUT2D eigenvalue weighted by molar-refractivity contribution is 0.455. The fourth-order valence-corrected chi connectivity index (χ4v) is 3.48. The lowest BCUT2D eigenvalue weighted by Crippen LogP contribution is -2.44. The Kier molecular flexibility index (Phi) is 3.06. The maximum atomic E-state index is 11.8. The summed E-state index contributed by atoms with van der Waals surface area (Å²) in [6, 6.07) is 0.0839. The molecule has 0 aromatic heterocycles. The molecule has 14 heavy (non-hydrogen) atoms. The van der Waals surface area contributed by atoms with E-state index in [4.69, 9.17) is 0 Å². The Balaban J connectivity index is 1.93. The molecule has 0 saturated carbocycles. The van der Waals surface area contributed by atoms with Gasteiger partial charge in [-0.15, -0.1) is 0 Å². The Morgan fingerprint density at radius 3 is 2.57 bits per heavy atom. The zero-order valence-corrected chi connectivity index (χ0v) is 9.02. The average molecular weight is 219 g/mol. The summed E-state index contributed by atoms with van der Waals surface area (Å²) in [5, 5.41) is 3.14. The third kappa shape index (κ3) is 2.25. The van der Waals surface area contributed by atoms with Gasteiger partial charge in [-0.2, -0.15) is 17.4 Å². The van der Waals surface area contributed by atoms with E-state index in [1.807, 2.05) is 0 Å². The van der Waals surface area contributed by atoms with Crippen LogP contribution < -0.4 is 10.0 Å². The van der Waals surface area contributed by atoms with Crippen LogP contribution in [0.2, 0.25) is 0 Å². The van der Waals surface area contributed by atoms with Gasteiger partial charge >= 0.3 is 0 Å². The van der Waals surface area contributed by atoms with Crippen LogP contribution in [0.5, 0.6) is 0 Å². The summed E-state index contributed by atoms with van der Waals surface area (Å²) in [6.45, 7) is 3.02. The standard InChI is InChI=1S/C8H17N3O2S/c12-14(13,11-5-1-2-6-11)10-8-3-4-9-7-8/h8-10H,1-7H2/t8-/m0/s1. The largest absolute Gasteiger partial charge is 0.315 e. The molecular formula is C8H17N3O2S. The van der Waals surface area contributed by atoms with E-state index in [1.54, 1.807) is 4.31 Å². The Hall–Kier alpha value is -0.170. The van der Waals surface area contributed by atoms with Gasteiger partial charge < -0.3 is 5.32 Å². The average Bonchev–Trinajstić information content (AvgIpc) is 2.71. The number of rotatable bonds is 3. The molecule has 2 aliphatic rings. The summed E-state index contributed by atoms with van der Waals surface area (Å²) < 4.78 is 27.8. The van der Waals surface area contributed by atoms with Crippen LogP contribution in [0, 0.1) is 0 Å². The molecule has 5 nitrogen and oxygen atoms in total. The molecule has 82 valence electrons. The molecule has 2 heterocycles. The summed E-state index contributed by atoms with van der Waals surface area (Å²) in [6.07, 6.45) is 2.88. The van der Waals surface area contributed by atoms with Crippen LogP contribution in [0.1, 0.15) is 19.3 Å². The molecule has 2 aliphatic heterocycles. The lowest BCUT2D eigenvalue weighted by Gasteiger charge is -2.19. The topological polar surface area (TPSA) is 61.4 Å². The van der Waals surface area contributed by atoms with Crippen molar-refractivity contribution in [3.05, 3.63) is 0 Å². The van der Waals surface area contributed by atoms with Gasteiger partial charge in [0, 0.05) is 25.7 Å². The summed E-state index contributed by atoms with van der Waals surface area (Å²) in [4.78, 5) is 0. The second-order valence-electron chi connectivity index (χ2n) is 3.92. The predicted molar refractivity (Wildman–Crippen MR) is 54.1 cm³/mol. The van der Waals surface area contributed by atoms with Crippen LogP contribution in [-0.4, -0.2) is 44.9 Å². The van der Waals surface area contributed by atoms with Gasteiger partial charge in [0.15, 0.2) is 0 Å². The van der Waals surface area contributed by atoms with Crippen molar-refractivity contribution >= 4 is 10.2 Å². The van der Waals surface area contributed by atoms with Gasteiger partial charge in [-0.05, 0) is 25.8 Å². The van der Waals surface area contributed by atoms with Gasteiger partial charge in [0.2, 0.25) is 0 Å². The van der Waals surface area contributed by atoms with Gasteiger partial charge in [0.25, 0.3) is 10.2 Å². The summed E-state index contributed by atoms with van der Waals surface area (Å²) >= 11 is 0. The molecule has 2 rings (SSSR count). The van der Waals surface area contributed by atoms with E-state index >= 15 is 0 Å². The second-order valence-corrected chi connectivity index (χ2v) is 5.62. The Morgan fingerprint density at radius 2 is 2.00 bits per heavy atom. The van der Waals surface area contributed by atoms with E-state index < -0.39 is 10.2 Å². The van der Waals surface area contributed by atoms with Crippen LogP contribution in [0.25, 0.3) is 0 Å². The highest BCUT2D eigenvalue weighted by Crippen LogP contribution is 2.12. The van der Waals surface area contributed by atoms with Crippen molar-refractivity contribution < 1.29 is 8.42 Å². The molecule has 0 radical (unpaired) electrons. The summed E-state index contributed by atoms with van der Waals surface area (Å²) in [5.41, 5.74) is 0. The third-order valence-electron chi connectivity index (χ3n) is 2.78. The smallest absolute Gasteiger partial charge is 0.279 e. The highest BCUT2D eigenvalue weighted by atomic mass is 32.2. The molecule has 0 unspecified atom stereocenters. The maximum absolute atomic E-state index is 11.8. The van der Waals surface area contributed by atoms with Crippen molar-refractivity contribution in [3.8, 4) is 0 Å². The van der Waals surface area contributed by atoms with Gasteiger partial charge in [-0.3, -0.25) is 0 Å². The molecule has 0 aromatic carbocycles. The first kappa shape index (κ1) is 10.4. The Morgan fingerprint density at radius 1 is 1.29 bits per heavy atom. The zero-order chi connectivity index (χ0) is 10.0. The molecule has 0 spiro atoms. The fourth-order valence-electron chi connectivity index (χ4n) is 1.97. The van der Waals surface area contributed by atoms with Gasteiger partial charge in [0.1, 0.15) is 0 Å². The minimum atomic E-state index is -3.20. The van der Waals surface area contributed by atoms with Crippen LogP contribution in [0.15, 0.2) is 0 Å². The highest BCUT2D eigenvalue weighted by Gasteiger charge is 2.28. The fraction of sp³-hybridized carbons (Fsp3) is 1.00. The zero-order valence-electron chi connectivity index (χ0n) is 8.20. The van der Waals surface area contributed by atoms with Gasteiger partial charge in [-0.25, -0.2) is 0 Å². The molecule has 6 heteroatoms. The first-order valence-electron chi connectivity index (χ1n) is 5.16. The van der Waals surface area contributed by atoms with Gasteiger partial charge in [0.05, 0.1) is 0 Å². The first-order chi connectivity index (χ1) is 6.68. The number of nitrogens with zero attached hydrogens (tertiary/aromatic N) is 1. The van der Waals surface area contributed by atoms with Gasteiger partial charge in [-0.1, -0.05) is 0 Å². The van der Waals surface area contributed by atoms with E-state index in [2.05, 4.69) is 10.0 Å². The molecule has 2 N–H and O–H groups in total. The summed E-state index contributed by atoms with van der Waals surface area (Å²) in [7, 11) is -3.20. The number of hydrogen-bond donors (Lipinski definition) is 2. The van der Waals surface area contributed by atoms with Crippen molar-refractivity contribution in [2.75, 3.05) is 26.2 Å². The van der Waals surface area contributed by atoms with E-state index in [0.717, 1.165) is 32.4 Å². The van der Waals surface area contributed by atoms with Crippen molar-refractivity contribution in [2.45, 2.75) is 25.3 Å². The van der Waals surface area contributed by atoms with Crippen molar-refractivity contribution in [2.24, 2.45) is 0 Å². The van der Waals surface area contributed by atoms with E-state index in [9.17, 15) is 8.42 Å². The molecular weight excluding hydrogens is 202 g/mol. The lowest BCUT2D eigenvalue weighted by atomic mass is 10.3. The number of hydrogen-bond acceptors (Lipinski definition) is 3. The monoisotopic (exact) mass is 219 g/mol. The van der Waals surface area contributed by atoms with Crippen LogP contribution in [0.3, 0.4) is 0 Å². The molecule has 1 atom stereocenters. The van der Waals surface area contributed by atoms with E-state index in [1.165, 1.54) is 0 Å². The van der Waals surface area contributed by atoms with E-state index in [-0.39, 0.29) is 6.04 Å². The molecule has 0 aliphatic carbocycles. The Bertz CT molecular complexity index is 279. The van der Waals surface area contributed by atoms with E-state index in [0.29, 0.717) is 13.1 Å². The SMILES string of the molecule is O=S(=O)(N[C@H]1CCNC1)N1CCCC1. The highest BCUT2D eigenvalue weighted by molar-refractivity contribution is 7.87. The van der Waals surface area contributed by atoms with Crippen LogP contribution in [-0.2, 0) is 10.2 Å². The maximum Gasteiger partial charge on any atom is 0.279 e.